The van der Waals surface area contributed by atoms with E-state index in [0.29, 0.717) is 11.0 Å². The van der Waals surface area contributed by atoms with Gasteiger partial charge in [-0.1, -0.05) is 11.2 Å². The van der Waals surface area contributed by atoms with Crippen LogP contribution in [0.5, 0.6) is 0 Å². The topological polar surface area (TPSA) is 81.2 Å². The van der Waals surface area contributed by atoms with E-state index in [1.54, 1.807) is 24.5 Å². The zero-order chi connectivity index (χ0) is 15.1. The predicted octanol–water partition coefficient (Wildman–Crippen LogP) is 2.95. The number of hydrogen-bond donors (Lipinski definition) is 1. The van der Waals surface area contributed by atoms with E-state index >= 15 is 0 Å². The highest BCUT2D eigenvalue weighted by Gasteiger charge is 2.22. The Bertz CT molecular complexity index is 812. The molecule has 0 saturated carbocycles. The van der Waals surface area contributed by atoms with Gasteiger partial charge < -0.3 is 14.2 Å². The van der Waals surface area contributed by atoms with E-state index in [4.69, 9.17) is 4.52 Å². The number of nitrogens with zero attached hydrogens (tertiary/aromatic N) is 3. The van der Waals surface area contributed by atoms with Crippen LogP contribution in [0.2, 0.25) is 0 Å². The van der Waals surface area contributed by atoms with Crippen LogP contribution >= 0.6 is 0 Å². The number of rotatable bonds is 3. The molecule has 6 heteroatoms. The van der Waals surface area contributed by atoms with Crippen LogP contribution in [-0.4, -0.2) is 25.8 Å². The molecule has 0 spiro atoms. The maximum Gasteiger partial charge on any atom is 0.337 e. The van der Waals surface area contributed by atoms with Crippen LogP contribution in [0.1, 0.15) is 40.3 Å². The molecule has 1 N–H and O–H groups in total. The Kier molecular flexibility index (Phi) is 3.01. The summed E-state index contributed by atoms with van der Waals surface area (Å²) in [6.45, 7) is 5.70. The number of imidazole rings is 1. The fourth-order valence-corrected chi connectivity index (χ4v) is 2.78. The maximum atomic E-state index is 11.4. The van der Waals surface area contributed by atoms with Crippen molar-refractivity contribution in [1.82, 2.24) is 14.7 Å². The molecular weight excluding hydrogens is 270 g/mol. The summed E-state index contributed by atoms with van der Waals surface area (Å²) in [5, 5.41) is 13.3. The van der Waals surface area contributed by atoms with Crippen LogP contribution in [0.15, 0.2) is 29.0 Å². The molecule has 3 aromatic rings. The van der Waals surface area contributed by atoms with Gasteiger partial charge in [0.1, 0.15) is 5.76 Å². The lowest BCUT2D eigenvalue weighted by molar-refractivity contribution is 0.0698. The van der Waals surface area contributed by atoms with Crippen LogP contribution in [0.3, 0.4) is 0 Å². The second-order valence-corrected chi connectivity index (χ2v) is 5.04. The molecule has 0 saturated heterocycles. The molecule has 2 heterocycles. The molecule has 0 aliphatic heterocycles. The number of carbonyl (C=O) groups is 1. The van der Waals surface area contributed by atoms with Crippen molar-refractivity contribution in [3.05, 3.63) is 47.1 Å². The molecule has 21 heavy (non-hydrogen) atoms. The quantitative estimate of drug-likeness (QED) is 0.800. The zero-order valence-electron chi connectivity index (χ0n) is 12.0. The van der Waals surface area contributed by atoms with Gasteiger partial charge in [-0.25, -0.2) is 9.78 Å². The Morgan fingerprint density at radius 1 is 1.38 bits per heavy atom. The fourth-order valence-electron chi connectivity index (χ4n) is 2.78. The van der Waals surface area contributed by atoms with Gasteiger partial charge in [0.15, 0.2) is 0 Å². The van der Waals surface area contributed by atoms with E-state index in [9.17, 15) is 9.90 Å². The third-order valence-electron chi connectivity index (χ3n) is 3.75. The molecule has 1 aromatic carbocycles. The van der Waals surface area contributed by atoms with Crippen molar-refractivity contribution >= 4 is 17.0 Å². The van der Waals surface area contributed by atoms with Gasteiger partial charge in [0.2, 0.25) is 0 Å². The monoisotopic (exact) mass is 285 g/mol. The summed E-state index contributed by atoms with van der Waals surface area (Å²) in [6.07, 6.45) is 1.66. The van der Waals surface area contributed by atoms with E-state index in [1.165, 1.54) is 0 Å². The van der Waals surface area contributed by atoms with E-state index in [2.05, 4.69) is 10.1 Å². The van der Waals surface area contributed by atoms with Gasteiger partial charge in [0.25, 0.3) is 0 Å². The Morgan fingerprint density at radius 3 is 2.76 bits per heavy atom. The molecule has 0 amide bonds. The molecule has 6 nitrogen and oxygen atoms in total. The van der Waals surface area contributed by atoms with Crippen molar-refractivity contribution < 1.29 is 14.4 Å². The molecule has 108 valence electrons. The highest BCUT2D eigenvalue weighted by atomic mass is 16.5. The molecule has 0 radical (unpaired) electrons. The molecule has 1 unspecified atom stereocenters. The molecule has 0 fully saturated rings. The number of para-hydroxylation sites is 1. The zero-order valence-corrected chi connectivity index (χ0v) is 12.0. The standard InChI is InChI=1S/C15H15N3O3/c1-8-13(10(3)21-17-8)9(2)18-7-16-12-6-4-5-11(14(12)18)15(19)20/h4-7,9H,1-3H3,(H,19,20). The summed E-state index contributed by atoms with van der Waals surface area (Å²) in [5.41, 5.74) is 3.26. The van der Waals surface area contributed by atoms with Crippen molar-refractivity contribution in [1.29, 1.82) is 0 Å². The van der Waals surface area contributed by atoms with Crippen LogP contribution in [-0.2, 0) is 0 Å². The highest BCUT2D eigenvalue weighted by molar-refractivity contribution is 6.01. The molecule has 1 atom stereocenters. The van der Waals surface area contributed by atoms with Crippen LogP contribution in [0.4, 0.5) is 0 Å². The number of carboxylic acids is 1. The van der Waals surface area contributed by atoms with Crippen molar-refractivity contribution in [3.63, 3.8) is 0 Å². The number of fused-ring (bicyclic) bond motifs is 1. The Labute approximate surface area is 121 Å². The summed E-state index contributed by atoms with van der Waals surface area (Å²) in [4.78, 5) is 15.7. The number of hydrogen-bond acceptors (Lipinski definition) is 4. The molecule has 2 aromatic heterocycles. The summed E-state index contributed by atoms with van der Waals surface area (Å²) in [7, 11) is 0. The second-order valence-electron chi connectivity index (χ2n) is 5.04. The van der Waals surface area contributed by atoms with Gasteiger partial charge in [-0.15, -0.1) is 0 Å². The van der Waals surface area contributed by atoms with Crippen LogP contribution in [0, 0.1) is 13.8 Å². The first kappa shape index (κ1) is 13.4. The summed E-state index contributed by atoms with van der Waals surface area (Å²) < 4.78 is 7.06. The van der Waals surface area contributed by atoms with Gasteiger partial charge in [0, 0.05) is 5.56 Å². The lowest BCUT2D eigenvalue weighted by Crippen LogP contribution is -2.10. The molecule has 0 bridgehead atoms. The largest absolute Gasteiger partial charge is 0.478 e. The van der Waals surface area contributed by atoms with E-state index in [-0.39, 0.29) is 11.6 Å². The van der Waals surface area contributed by atoms with E-state index < -0.39 is 5.97 Å². The molecular formula is C15H15N3O3. The predicted molar refractivity (Wildman–Crippen MR) is 76.5 cm³/mol. The minimum absolute atomic E-state index is 0.109. The van der Waals surface area contributed by atoms with Crippen LogP contribution < -0.4 is 0 Å². The Hall–Kier alpha value is -2.63. The third-order valence-corrected chi connectivity index (χ3v) is 3.75. The number of benzene rings is 1. The molecule has 3 rings (SSSR count). The lowest BCUT2D eigenvalue weighted by atomic mass is 10.1. The Balaban J connectivity index is 2.24. The number of aromatic carboxylic acids is 1. The number of aryl methyl sites for hydroxylation is 2. The van der Waals surface area contributed by atoms with Crippen molar-refractivity contribution in [3.8, 4) is 0 Å². The van der Waals surface area contributed by atoms with E-state index in [0.717, 1.165) is 17.0 Å². The number of aromatic nitrogens is 3. The van der Waals surface area contributed by atoms with Crippen molar-refractivity contribution in [2.24, 2.45) is 0 Å². The molecule has 0 aliphatic rings. The van der Waals surface area contributed by atoms with Crippen molar-refractivity contribution in [2.75, 3.05) is 0 Å². The average Bonchev–Trinajstić information content (AvgIpc) is 3.01. The minimum Gasteiger partial charge on any atom is -0.478 e. The number of carboxylic acid groups (broad SMARTS) is 1. The SMILES string of the molecule is Cc1noc(C)c1C(C)n1cnc2cccc(C(=O)O)c21. The van der Waals surface area contributed by atoms with Gasteiger partial charge in [-0.05, 0) is 32.9 Å². The van der Waals surface area contributed by atoms with E-state index in [1.807, 2.05) is 25.3 Å². The first-order chi connectivity index (χ1) is 10.0. The Morgan fingerprint density at radius 2 is 2.14 bits per heavy atom. The first-order valence-electron chi connectivity index (χ1n) is 6.62. The summed E-state index contributed by atoms with van der Waals surface area (Å²) in [6, 6.07) is 4.98. The maximum absolute atomic E-state index is 11.4. The first-order valence-corrected chi connectivity index (χ1v) is 6.62. The normalized spacial score (nSPS) is 12.7. The summed E-state index contributed by atoms with van der Waals surface area (Å²) >= 11 is 0. The second kappa shape index (κ2) is 4.73. The summed E-state index contributed by atoms with van der Waals surface area (Å²) in [5.74, 6) is -0.233. The third kappa shape index (κ3) is 1.99. The van der Waals surface area contributed by atoms with Gasteiger partial charge >= 0.3 is 5.97 Å². The van der Waals surface area contributed by atoms with Gasteiger partial charge in [-0.3, -0.25) is 0 Å². The minimum atomic E-state index is -0.965. The smallest absolute Gasteiger partial charge is 0.337 e. The average molecular weight is 285 g/mol. The van der Waals surface area contributed by atoms with Crippen LogP contribution in [0.25, 0.3) is 11.0 Å². The van der Waals surface area contributed by atoms with Gasteiger partial charge in [0.05, 0.1) is 34.7 Å². The van der Waals surface area contributed by atoms with Crippen molar-refractivity contribution in [2.45, 2.75) is 26.8 Å². The fraction of sp³-hybridized carbons (Fsp3) is 0.267. The lowest BCUT2D eigenvalue weighted by Gasteiger charge is -2.15. The highest BCUT2D eigenvalue weighted by Crippen LogP contribution is 2.29. The van der Waals surface area contributed by atoms with Gasteiger partial charge in [-0.2, -0.15) is 0 Å². The molecule has 0 aliphatic carbocycles.